The molecule has 1 saturated heterocycles. The van der Waals surface area contributed by atoms with Gasteiger partial charge in [0.15, 0.2) is 12.5 Å². The highest BCUT2D eigenvalue weighted by Gasteiger charge is 2.34. The summed E-state index contributed by atoms with van der Waals surface area (Å²) in [6.45, 7) is 1.71. The normalized spacial score (nSPS) is 18.7. The third-order valence-corrected chi connectivity index (χ3v) is 3.27. The zero-order valence-corrected chi connectivity index (χ0v) is 11.4. The van der Waals surface area contributed by atoms with E-state index in [2.05, 4.69) is 0 Å². The van der Waals surface area contributed by atoms with Gasteiger partial charge in [-0.1, -0.05) is 53.5 Å². The zero-order valence-electron chi connectivity index (χ0n) is 9.90. The predicted molar refractivity (Wildman–Crippen MR) is 71.1 cm³/mol. The fourth-order valence-corrected chi connectivity index (χ4v) is 2.36. The molecule has 18 heavy (non-hydrogen) atoms. The van der Waals surface area contributed by atoms with Crippen molar-refractivity contribution in [3.05, 3.63) is 46.1 Å². The van der Waals surface area contributed by atoms with E-state index < -0.39 is 0 Å². The van der Waals surface area contributed by atoms with Gasteiger partial charge in [0.1, 0.15) is 4.49 Å². The van der Waals surface area contributed by atoms with E-state index in [4.69, 9.17) is 27.9 Å². The second kappa shape index (κ2) is 5.63. The lowest BCUT2D eigenvalue weighted by molar-refractivity contribution is -0.130. The first-order valence-electron chi connectivity index (χ1n) is 5.58. The number of rotatable bonds is 2. The number of ether oxygens (including phenoxy) is 1. The number of amides is 1. The van der Waals surface area contributed by atoms with Crippen molar-refractivity contribution in [1.82, 2.24) is 4.90 Å². The maximum atomic E-state index is 11.6. The molecule has 0 unspecified atom stereocenters. The van der Waals surface area contributed by atoms with E-state index in [1.54, 1.807) is 4.90 Å². The molecule has 1 amide bonds. The summed E-state index contributed by atoms with van der Waals surface area (Å²) in [4.78, 5) is 13.2. The van der Waals surface area contributed by atoms with Gasteiger partial charge in [-0.05, 0) is 5.56 Å². The summed E-state index contributed by atoms with van der Waals surface area (Å²) in [5, 5.41) is 0. The van der Waals surface area contributed by atoms with Crippen LogP contribution in [0.1, 0.15) is 12.5 Å². The Hall–Kier alpha value is -1.19. The summed E-state index contributed by atoms with van der Waals surface area (Å²) in [6, 6.07) is 9.62. The van der Waals surface area contributed by atoms with Crippen LogP contribution in [0.15, 0.2) is 40.6 Å². The molecule has 0 aliphatic carbocycles. The third-order valence-electron chi connectivity index (χ3n) is 2.90. The first kappa shape index (κ1) is 13.2. The monoisotopic (exact) mass is 285 g/mol. The minimum atomic E-state index is -0.227. The molecule has 1 heterocycles. The number of hydrogen-bond donors (Lipinski definition) is 0. The zero-order chi connectivity index (χ0) is 13.1. The first-order valence-corrected chi connectivity index (χ1v) is 6.34. The Morgan fingerprint density at radius 3 is 2.61 bits per heavy atom. The van der Waals surface area contributed by atoms with Crippen LogP contribution in [0.4, 0.5) is 0 Å². The summed E-state index contributed by atoms with van der Waals surface area (Å²) in [5.41, 5.74) is 1.10. The van der Waals surface area contributed by atoms with Crippen molar-refractivity contribution in [2.24, 2.45) is 0 Å². The van der Waals surface area contributed by atoms with Gasteiger partial charge in [-0.25, -0.2) is 0 Å². The lowest BCUT2D eigenvalue weighted by Gasteiger charge is -2.20. The topological polar surface area (TPSA) is 29.5 Å². The van der Waals surface area contributed by atoms with Crippen molar-refractivity contribution in [3.8, 4) is 0 Å². The van der Waals surface area contributed by atoms with Gasteiger partial charge in [0.2, 0.25) is 5.91 Å². The van der Waals surface area contributed by atoms with Crippen molar-refractivity contribution in [2.45, 2.75) is 19.4 Å². The molecule has 0 bridgehead atoms. The minimum Gasteiger partial charge on any atom is -0.473 e. The van der Waals surface area contributed by atoms with Crippen LogP contribution in [0.25, 0.3) is 0 Å². The lowest BCUT2D eigenvalue weighted by Crippen LogP contribution is -2.35. The van der Waals surface area contributed by atoms with E-state index in [1.807, 2.05) is 30.3 Å². The molecular weight excluding hydrogens is 273 g/mol. The molecule has 1 aromatic carbocycles. The van der Waals surface area contributed by atoms with Crippen LogP contribution in [0, 0.1) is 0 Å². The molecule has 0 N–H and O–H groups in total. The Morgan fingerprint density at radius 2 is 2.06 bits per heavy atom. The van der Waals surface area contributed by atoms with Gasteiger partial charge < -0.3 is 4.74 Å². The molecule has 3 nitrogen and oxygen atoms in total. The molecule has 1 aromatic rings. The molecule has 5 heteroatoms. The number of nitrogens with zero attached hydrogens (tertiary/aromatic N) is 1. The van der Waals surface area contributed by atoms with E-state index >= 15 is 0 Å². The molecule has 0 spiro atoms. The molecule has 1 atom stereocenters. The molecule has 0 saturated carbocycles. The highest BCUT2D eigenvalue weighted by Crippen LogP contribution is 2.30. The molecule has 2 rings (SSSR count). The summed E-state index contributed by atoms with van der Waals surface area (Å²) in [5.74, 6) is 0.415. The second-order valence-electron chi connectivity index (χ2n) is 4.09. The van der Waals surface area contributed by atoms with Crippen LogP contribution in [0.3, 0.4) is 0 Å². The van der Waals surface area contributed by atoms with Crippen molar-refractivity contribution < 1.29 is 9.53 Å². The Kier molecular flexibility index (Phi) is 4.15. The van der Waals surface area contributed by atoms with Crippen molar-refractivity contribution in [2.75, 3.05) is 6.73 Å². The van der Waals surface area contributed by atoms with Gasteiger partial charge in [-0.15, -0.1) is 0 Å². The number of benzene rings is 1. The fourth-order valence-electron chi connectivity index (χ4n) is 2.00. The summed E-state index contributed by atoms with van der Waals surface area (Å²) < 4.78 is 5.48. The van der Waals surface area contributed by atoms with Gasteiger partial charge in [-0.3, -0.25) is 9.69 Å². The Balaban J connectivity index is 2.25. The van der Waals surface area contributed by atoms with Gasteiger partial charge in [-0.2, -0.15) is 0 Å². The maximum Gasteiger partial charge on any atom is 0.222 e. The van der Waals surface area contributed by atoms with Crippen molar-refractivity contribution in [1.29, 1.82) is 0 Å². The summed E-state index contributed by atoms with van der Waals surface area (Å²) in [7, 11) is 0. The van der Waals surface area contributed by atoms with Crippen LogP contribution in [0.2, 0.25) is 0 Å². The van der Waals surface area contributed by atoms with Gasteiger partial charge >= 0.3 is 0 Å². The Labute approximate surface area is 116 Å². The lowest BCUT2D eigenvalue weighted by atomic mass is 10.0. The van der Waals surface area contributed by atoms with Crippen LogP contribution in [0.5, 0.6) is 0 Å². The average Bonchev–Trinajstić information content (AvgIpc) is 2.74. The SMILES string of the molecule is CC(=O)N1COC(=C(Cl)Cl)[C@@H]1Cc1ccccc1. The van der Waals surface area contributed by atoms with E-state index in [-0.39, 0.29) is 23.2 Å². The van der Waals surface area contributed by atoms with Gasteiger partial charge in [0.05, 0.1) is 6.04 Å². The van der Waals surface area contributed by atoms with Crippen molar-refractivity contribution >= 4 is 29.1 Å². The van der Waals surface area contributed by atoms with Crippen molar-refractivity contribution in [3.63, 3.8) is 0 Å². The molecule has 1 fully saturated rings. The fraction of sp³-hybridized carbons (Fsp3) is 0.308. The molecular formula is C13H13Cl2NO2. The van der Waals surface area contributed by atoms with E-state index in [9.17, 15) is 4.79 Å². The summed E-state index contributed by atoms with van der Waals surface area (Å²) in [6.07, 6.45) is 0.638. The minimum absolute atomic E-state index is 0.0551. The van der Waals surface area contributed by atoms with Crippen LogP contribution < -0.4 is 0 Å². The van der Waals surface area contributed by atoms with Crippen LogP contribution in [-0.4, -0.2) is 23.6 Å². The number of carbonyl (C=O) groups is 1. The predicted octanol–water partition coefficient (Wildman–Crippen LogP) is 3.08. The maximum absolute atomic E-state index is 11.6. The number of halogens is 2. The molecule has 1 aliphatic heterocycles. The molecule has 1 aliphatic rings. The highest BCUT2D eigenvalue weighted by molar-refractivity contribution is 6.56. The average molecular weight is 286 g/mol. The quantitative estimate of drug-likeness (QED) is 0.836. The number of carbonyl (C=O) groups excluding carboxylic acids is 1. The smallest absolute Gasteiger partial charge is 0.222 e. The molecule has 96 valence electrons. The molecule has 0 aromatic heterocycles. The number of hydrogen-bond acceptors (Lipinski definition) is 2. The van der Waals surface area contributed by atoms with Gasteiger partial charge in [0, 0.05) is 13.3 Å². The Morgan fingerprint density at radius 1 is 1.39 bits per heavy atom. The summed E-state index contributed by atoms with van der Waals surface area (Å²) >= 11 is 11.6. The van der Waals surface area contributed by atoms with E-state index in [0.717, 1.165) is 5.56 Å². The largest absolute Gasteiger partial charge is 0.473 e. The third kappa shape index (κ3) is 2.79. The van der Waals surface area contributed by atoms with E-state index in [1.165, 1.54) is 6.92 Å². The van der Waals surface area contributed by atoms with Gasteiger partial charge in [0.25, 0.3) is 0 Å². The van der Waals surface area contributed by atoms with Crippen LogP contribution in [-0.2, 0) is 16.0 Å². The second-order valence-corrected chi connectivity index (χ2v) is 5.04. The first-order chi connectivity index (χ1) is 8.59. The Bertz CT molecular complexity index is 469. The van der Waals surface area contributed by atoms with Crippen LogP contribution >= 0.6 is 23.2 Å². The van der Waals surface area contributed by atoms with E-state index in [0.29, 0.717) is 12.2 Å². The molecule has 0 radical (unpaired) electrons. The highest BCUT2D eigenvalue weighted by atomic mass is 35.5. The standard InChI is InChI=1S/C13H13Cl2NO2/c1-9(17)16-8-18-12(13(14)15)11(16)7-10-5-3-2-4-6-10/h2-6,11H,7-8H2,1H3/t11-/m0/s1.